The highest BCUT2D eigenvalue weighted by atomic mass is 16.5. The van der Waals surface area contributed by atoms with E-state index in [9.17, 15) is 0 Å². The third-order valence-electron chi connectivity index (χ3n) is 4.61. The predicted molar refractivity (Wildman–Crippen MR) is 85.1 cm³/mol. The quantitative estimate of drug-likeness (QED) is 0.798. The van der Waals surface area contributed by atoms with Crippen LogP contribution in [0.5, 0.6) is 0 Å². The van der Waals surface area contributed by atoms with Gasteiger partial charge in [-0.1, -0.05) is 35.9 Å². The first-order valence-corrected chi connectivity index (χ1v) is 7.64. The normalized spacial score (nSPS) is 19.5. The molecule has 1 heterocycles. The number of benzene rings is 1. The molecule has 1 unspecified atom stereocenters. The summed E-state index contributed by atoms with van der Waals surface area (Å²) in [5.41, 5.74) is 2.91. The van der Waals surface area contributed by atoms with Crippen molar-refractivity contribution >= 4 is 0 Å². The van der Waals surface area contributed by atoms with Gasteiger partial charge in [-0.25, -0.2) is 0 Å². The van der Waals surface area contributed by atoms with Gasteiger partial charge in [0.25, 0.3) is 0 Å². The Hall–Kier alpha value is -1.12. The van der Waals surface area contributed by atoms with Crippen molar-refractivity contribution in [3.8, 4) is 0 Å². The van der Waals surface area contributed by atoms with Crippen molar-refractivity contribution in [2.45, 2.75) is 44.1 Å². The van der Waals surface area contributed by atoms with Gasteiger partial charge in [-0.15, -0.1) is 6.58 Å². The van der Waals surface area contributed by atoms with Gasteiger partial charge in [-0.2, -0.15) is 0 Å². The van der Waals surface area contributed by atoms with Crippen LogP contribution in [0.1, 0.15) is 38.2 Å². The van der Waals surface area contributed by atoms with Crippen molar-refractivity contribution in [1.82, 2.24) is 5.32 Å². The van der Waals surface area contributed by atoms with Crippen LogP contribution < -0.4 is 5.32 Å². The van der Waals surface area contributed by atoms with Gasteiger partial charge in [0.15, 0.2) is 0 Å². The molecular formula is C18H27NO. The highest BCUT2D eigenvalue weighted by Crippen LogP contribution is 2.39. The summed E-state index contributed by atoms with van der Waals surface area (Å²) < 4.78 is 5.62. The maximum Gasteiger partial charge on any atom is 0.0475 e. The number of nitrogens with one attached hydrogen (secondary N) is 1. The largest absolute Gasteiger partial charge is 0.381 e. The van der Waals surface area contributed by atoms with Gasteiger partial charge in [0.1, 0.15) is 0 Å². The molecule has 1 saturated heterocycles. The Morgan fingerprint density at radius 1 is 1.30 bits per heavy atom. The van der Waals surface area contributed by atoms with E-state index in [1.807, 2.05) is 0 Å². The van der Waals surface area contributed by atoms with E-state index in [-0.39, 0.29) is 5.41 Å². The van der Waals surface area contributed by atoms with Crippen LogP contribution in [0.25, 0.3) is 0 Å². The van der Waals surface area contributed by atoms with Crippen LogP contribution in [0.3, 0.4) is 0 Å². The summed E-state index contributed by atoms with van der Waals surface area (Å²) in [5.74, 6) is 0. The fourth-order valence-corrected chi connectivity index (χ4v) is 3.43. The number of hydrogen-bond donors (Lipinski definition) is 1. The molecule has 1 aromatic rings. The minimum Gasteiger partial charge on any atom is -0.381 e. The van der Waals surface area contributed by atoms with Crippen molar-refractivity contribution in [2.24, 2.45) is 0 Å². The molecule has 0 aliphatic carbocycles. The smallest absolute Gasteiger partial charge is 0.0475 e. The van der Waals surface area contributed by atoms with E-state index in [0.717, 1.165) is 38.9 Å². The highest BCUT2D eigenvalue weighted by Gasteiger charge is 2.40. The highest BCUT2D eigenvalue weighted by molar-refractivity contribution is 5.28. The number of hydrogen-bond acceptors (Lipinski definition) is 2. The topological polar surface area (TPSA) is 21.3 Å². The summed E-state index contributed by atoms with van der Waals surface area (Å²) in [5, 5.41) is 3.57. The molecule has 2 heteroatoms. The van der Waals surface area contributed by atoms with Gasteiger partial charge in [0, 0.05) is 24.7 Å². The second-order valence-electron chi connectivity index (χ2n) is 5.97. The summed E-state index contributed by atoms with van der Waals surface area (Å²) >= 11 is 0. The fraction of sp³-hybridized carbons (Fsp3) is 0.556. The zero-order valence-corrected chi connectivity index (χ0v) is 12.8. The summed E-state index contributed by atoms with van der Waals surface area (Å²) in [6.45, 7) is 7.89. The zero-order valence-electron chi connectivity index (χ0n) is 12.8. The maximum atomic E-state index is 5.62. The summed E-state index contributed by atoms with van der Waals surface area (Å²) in [6.07, 6.45) is 4.42. The molecule has 1 fully saturated rings. The van der Waals surface area contributed by atoms with E-state index in [2.05, 4.69) is 56.2 Å². The van der Waals surface area contributed by atoms with Crippen LogP contribution in [-0.4, -0.2) is 26.3 Å². The average Bonchev–Trinajstić information content (AvgIpc) is 2.49. The van der Waals surface area contributed by atoms with E-state index < -0.39 is 0 Å². The molecule has 2 rings (SSSR count). The number of allylic oxidation sites excluding steroid dienone is 1. The molecule has 2 nitrogen and oxygen atoms in total. The lowest BCUT2D eigenvalue weighted by atomic mass is 9.67. The van der Waals surface area contributed by atoms with Gasteiger partial charge in [-0.3, -0.25) is 0 Å². The van der Waals surface area contributed by atoms with Gasteiger partial charge >= 0.3 is 0 Å². The summed E-state index contributed by atoms with van der Waals surface area (Å²) in [6, 6.07) is 11.4. The van der Waals surface area contributed by atoms with Gasteiger partial charge in [-0.05, 0) is 45.2 Å². The number of rotatable bonds is 6. The van der Waals surface area contributed by atoms with Crippen LogP contribution in [0.2, 0.25) is 0 Å². The molecule has 0 aromatic heterocycles. The Labute approximate surface area is 123 Å². The summed E-state index contributed by atoms with van der Waals surface area (Å²) in [7, 11) is 2.09. The Morgan fingerprint density at radius 2 is 1.95 bits per heavy atom. The molecule has 1 aromatic carbocycles. The molecule has 0 bridgehead atoms. The van der Waals surface area contributed by atoms with Gasteiger partial charge in [0.2, 0.25) is 0 Å². The Morgan fingerprint density at radius 3 is 2.50 bits per heavy atom. The second kappa shape index (κ2) is 7.05. The van der Waals surface area contributed by atoms with Crippen molar-refractivity contribution in [1.29, 1.82) is 0 Å². The van der Waals surface area contributed by atoms with E-state index in [0.29, 0.717) is 6.04 Å². The van der Waals surface area contributed by atoms with Crippen LogP contribution >= 0.6 is 0 Å². The average molecular weight is 273 g/mol. The lowest BCUT2D eigenvalue weighted by Crippen LogP contribution is -2.50. The predicted octanol–water partition coefficient (Wildman–Crippen LogP) is 3.68. The molecule has 0 saturated carbocycles. The van der Waals surface area contributed by atoms with Gasteiger partial charge in [0.05, 0.1) is 0 Å². The molecule has 110 valence electrons. The standard InChI is InChI=1S/C18H27NO/c1-15(2)9-10-17(19-3)18(11-13-20-14-12-18)16-7-5-4-6-8-16/h4-8,17,19H,1,9-14H2,2-3H3. The number of ether oxygens (including phenoxy) is 1. The van der Waals surface area contributed by atoms with Gasteiger partial charge < -0.3 is 10.1 Å². The fourth-order valence-electron chi connectivity index (χ4n) is 3.43. The Kier molecular flexibility index (Phi) is 5.38. The minimum atomic E-state index is 0.198. The zero-order chi connectivity index (χ0) is 14.4. The lowest BCUT2D eigenvalue weighted by molar-refractivity contribution is 0.0342. The molecule has 1 aliphatic heterocycles. The van der Waals surface area contributed by atoms with Crippen LogP contribution in [0.4, 0.5) is 0 Å². The molecule has 1 N–H and O–H groups in total. The Balaban J connectivity index is 2.27. The van der Waals surface area contributed by atoms with Crippen molar-refractivity contribution in [3.63, 3.8) is 0 Å². The van der Waals surface area contributed by atoms with E-state index >= 15 is 0 Å². The first-order valence-electron chi connectivity index (χ1n) is 7.64. The molecule has 0 radical (unpaired) electrons. The SMILES string of the molecule is C=C(C)CCC(NC)C1(c2ccccc2)CCOCC1. The molecule has 1 atom stereocenters. The molecule has 0 amide bonds. The Bertz CT molecular complexity index is 420. The van der Waals surface area contributed by atoms with E-state index in [1.165, 1.54) is 11.1 Å². The molecular weight excluding hydrogens is 246 g/mol. The van der Waals surface area contributed by atoms with Crippen molar-refractivity contribution in [3.05, 3.63) is 48.0 Å². The lowest BCUT2D eigenvalue weighted by Gasteiger charge is -2.44. The van der Waals surface area contributed by atoms with Crippen LogP contribution in [0.15, 0.2) is 42.5 Å². The summed E-state index contributed by atoms with van der Waals surface area (Å²) in [4.78, 5) is 0. The first-order chi connectivity index (χ1) is 9.69. The van der Waals surface area contributed by atoms with Crippen molar-refractivity contribution in [2.75, 3.05) is 20.3 Å². The van der Waals surface area contributed by atoms with Crippen LogP contribution in [-0.2, 0) is 10.2 Å². The van der Waals surface area contributed by atoms with E-state index in [1.54, 1.807) is 0 Å². The molecule has 0 spiro atoms. The van der Waals surface area contributed by atoms with Crippen molar-refractivity contribution < 1.29 is 4.74 Å². The third kappa shape index (κ3) is 3.31. The minimum absolute atomic E-state index is 0.198. The molecule has 20 heavy (non-hydrogen) atoms. The monoisotopic (exact) mass is 273 g/mol. The second-order valence-corrected chi connectivity index (χ2v) is 5.97. The number of likely N-dealkylation sites (N-methyl/N-ethyl adjacent to an activating group) is 1. The van der Waals surface area contributed by atoms with Crippen LogP contribution in [0, 0.1) is 0 Å². The maximum absolute atomic E-state index is 5.62. The first kappa shape index (κ1) is 15.3. The van der Waals surface area contributed by atoms with E-state index in [4.69, 9.17) is 4.74 Å². The third-order valence-corrected chi connectivity index (χ3v) is 4.61. The molecule has 1 aliphatic rings.